The Morgan fingerprint density at radius 2 is 1.95 bits per heavy atom. The summed E-state index contributed by atoms with van der Waals surface area (Å²) < 4.78 is 4.97. The van der Waals surface area contributed by atoms with Gasteiger partial charge >= 0.3 is 6.01 Å². The SMILES string of the molecule is COc1nc(N)nc(-c2cc3ccccc3nc2C#N)n1. The Morgan fingerprint density at radius 3 is 2.71 bits per heavy atom. The van der Waals surface area contributed by atoms with E-state index in [1.165, 1.54) is 7.11 Å². The molecule has 2 heterocycles. The third-order valence-electron chi connectivity index (χ3n) is 2.89. The number of benzene rings is 1. The Morgan fingerprint density at radius 1 is 1.14 bits per heavy atom. The van der Waals surface area contributed by atoms with Crippen molar-refractivity contribution in [2.45, 2.75) is 0 Å². The summed E-state index contributed by atoms with van der Waals surface area (Å²) in [5.41, 5.74) is 7.07. The van der Waals surface area contributed by atoms with Gasteiger partial charge in [0.1, 0.15) is 6.07 Å². The van der Waals surface area contributed by atoms with Crippen LogP contribution in [0.25, 0.3) is 22.3 Å². The molecule has 3 rings (SSSR count). The topological polar surface area (TPSA) is 111 Å². The predicted molar refractivity (Wildman–Crippen MR) is 76.2 cm³/mol. The zero-order valence-corrected chi connectivity index (χ0v) is 11.1. The molecule has 21 heavy (non-hydrogen) atoms. The molecule has 0 fully saturated rings. The monoisotopic (exact) mass is 278 g/mol. The number of hydrogen-bond acceptors (Lipinski definition) is 7. The standard InChI is InChI=1S/C14H10N6O/c1-21-14-19-12(18-13(16)20-14)9-6-8-4-2-3-5-10(8)17-11(9)7-15/h2-6H,1H3,(H2,16,18,19,20). The molecule has 0 saturated carbocycles. The molecule has 2 N–H and O–H groups in total. The highest BCUT2D eigenvalue weighted by Gasteiger charge is 2.14. The van der Waals surface area contributed by atoms with Gasteiger partial charge in [0.05, 0.1) is 18.2 Å². The number of nitrogens with zero attached hydrogens (tertiary/aromatic N) is 5. The number of aromatic nitrogens is 4. The van der Waals surface area contributed by atoms with E-state index >= 15 is 0 Å². The lowest BCUT2D eigenvalue weighted by Crippen LogP contribution is -2.04. The number of hydrogen-bond donors (Lipinski definition) is 1. The van der Waals surface area contributed by atoms with Crippen molar-refractivity contribution in [2.24, 2.45) is 0 Å². The highest BCUT2D eigenvalue weighted by Crippen LogP contribution is 2.25. The molecule has 0 radical (unpaired) electrons. The molecule has 102 valence electrons. The second-order valence-electron chi connectivity index (χ2n) is 4.19. The van der Waals surface area contributed by atoms with Gasteiger partial charge in [0.2, 0.25) is 5.95 Å². The van der Waals surface area contributed by atoms with Crippen LogP contribution in [0.4, 0.5) is 5.95 Å². The van der Waals surface area contributed by atoms with E-state index in [9.17, 15) is 5.26 Å². The highest BCUT2D eigenvalue weighted by molar-refractivity contribution is 5.84. The Kier molecular flexibility index (Phi) is 3.04. The molecule has 0 bridgehead atoms. The highest BCUT2D eigenvalue weighted by atomic mass is 16.5. The lowest BCUT2D eigenvalue weighted by molar-refractivity contribution is 0.379. The first kappa shape index (κ1) is 12.7. The smallest absolute Gasteiger partial charge is 0.321 e. The van der Waals surface area contributed by atoms with Crippen LogP contribution in [0.2, 0.25) is 0 Å². The van der Waals surface area contributed by atoms with Crippen LogP contribution < -0.4 is 10.5 Å². The van der Waals surface area contributed by atoms with Crippen LogP contribution in [0.3, 0.4) is 0 Å². The van der Waals surface area contributed by atoms with Crippen molar-refractivity contribution >= 4 is 16.9 Å². The number of ether oxygens (including phenoxy) is 1. The lowest BCUT2D eigenvalue weighted by Gasteiger charge is -2.06. The van der Waals surface area contributed by atoms with Gasteiger partial charge in [0, 0.05) is 5.39 Å². The molecule has 0 unspecified atom stereocenters. The van der Waals surface area contributed by atoms with Crippen molar-refractivity contribution in [3.8, 4) is 23.5 Å². The van der Waals surface area contributed by atoms with E-state index in [1.807, 2.05) is 30.3 Å². The normalized spacial score (nSPS) is 10.3. The summed E-state index contributed by atoms with van der Waals surface area (Å²) >= 11 is 0. The van der Waals surface area contributed by atoms with Gasteiger partial charge < -0.3 is 10.5 Å². The molecule has 0 aliphatic rings. The molecule has 0 saturated heterocycles. The third kappa shape index (κ3) is 2.30. The largest absolute Gasteiger partial charge is 0.467 e. The van der Waals surface area contributed by atoms with E-state index in [1.54, 1.807) is 6.07 Å². The number of fused-ring (bicyclic) bond motifs is 1. The molecule has 0 atom stereocenters. The zero-order chi connectivity index (χ0) is 14.8. The first-order valence-electron chi connectivity index (χ1n) is 6.07. The summed E-state index contributed by atoms with van der Waals surface area (Å²) in [5.74, 6) is 0.281. The van der Waals surface area contributed by atoms with Crippen molar-refractivity contribution in [3.05, 3.63) is 36.0 Å². The maximum absolute atomic E-state index is 9.29. The number of para-hydroxylation sites is 1. The van der Waals surface area contributed by atoms with Gasteiger partial charge in [-0.1, -0.05) is 18.2 Å². The van der Waals surface area contributed by atoms with Crippen LogP contribution in [0.1, 0.15) is 5.69 Å². The minimum absolute atomic E-state index is 0.0221. The second-order valence-corrected chi connectivity index (χ2v) is 4.19. The van der Waals surface area contributed by atoms with Crippen LogP contribution in [0, 0.1) is 11.3 Å². The van der Waals surface area contributed by atoms with Crippen molar-refractivity contribution in [2.75, 3.05) is 12.8 Å². The number of pyridine rings is 1. The molecule has 7 heteroatoms. The van der Waals surface area contributed by atoms with E-state index < -0.39 is 0 Å². The summed E-state index contributed by atoms with van der Waals surface area (Å²) in [6.45, 7) is 0. The zero-order valence-electron chi connectivity index (χ0n) is 11.1. The first-order chi connectivity index (χ1) is 10.2. The van der Waals surface area contributed by atoms with Gasteiger partial charge in [0.25, 0.3) is 0 Å². The van der Waals surface area contributed by atoms with Crippen molar-refractivity contribution < 1.29 is 4.74 Å². The molecule has 0 amide bonds. The van der Waals surface area contributed by atoms with E-state index in [2.05, 4.69) is 19.9 Å². The van der Waals surface area contributed by atoms with E-state index in [4.69, 9.17) is 10.5 Å². The number of methoxy groups -OCH3 is 1. The summed E-state index contributed by atoms with van der Waals surface area (Å²) in [6.07, 6.45) is 0. The molecular formula is C14H10N6O. The molecule has 2 aromatic heterocycles. The Balaban J connectivity index is 2.28. The van der Waals surface area contributed by atoms with Crippen molar-refractivity contribution in [1.29, 1.82) is 5.26 Å². The summed E-state index contributed by atoms with van der Waals surface area (Å²) in [6, 6.07) is 11.4. The molecule has 0 spiro atoms. The van der Waals surface area contributed by atoms with Crippen LogP contribution in [-0.2, 0) is 0 Å². The predicted octanol–water partition coefficient (Wildman–Crippen LogP) is 1.55. The number of nitriles is 1. The number of nitrogen functional groups attached to an aromatic ring is 1. The number of nitrogens with two attached hydrogens (primary N) is 1. The molecule has 3 aromatic rings. The van der Waals surface area contributed by atoms with Gasteiger partial charge in [-0.15, -0.1) is 0 Å². The second kappa shape index (κ2) is 5.02. The summed E-state index contributed by atoms with van der Waals surface area (Å²) in [5, 5.41) is 10.2. The van der Waals surface area contributed by atoms with Gasteiger partial charge in [-0.05, 0) is 12.1 Å². The van der Waals surface area contributed by atoms with Gasteiger partial charge in [-0.2, -0.15) is 20.2 Å². The van der Waals surface area contributed by atoms with Crippen molar-refractivity contribution in [3.63, 3.8) is 0 Å². The quantitative estimate of drug-likeness (QED) is 0.756. The average molecular weight is 278 g/mol. The van der Waals surface area contributed by atoms with Crippen LogP contribution >= 0.6 is 0 Å². The third-order valence-corrected chi connectivity index (χ3v) is 2.89. The first-order valence-corrected chi connectivity index (χ1v) is 6.07. The molecule has 0 aliphatic carbocycles. The Hall–Kier alpha value is -3.27. The number of rotatable bonds is 2. The maximum atomic E-state index is 9.29. The van der Waals surface area contributed by atoms with Crippen molar-refractivity contribution in [1.82, 2.24) is 19.9 Å². The van der Waals surface area contributed by atoms with Gasteiger partial charge in [-0.3, -0.25) is 0 Å². The summed E-state index contributed by atoms with van der Waals surface area (Å²) in [7, 11) is 1.43. The number of anilines is 1. The van der Waals surface area contributed by atoms with E-state index in [0.29, 0.717) is 5.56 Å². The fourth-order valence-corrected chi connectivity index (χ4v) is 1.96. The van der Waals surface area contributed by atoms with E-state index in [0.717, 1.165) is 10.9 Å². The van der Waals surface area contributed by atoms with Gasteiger partial charge in [-0.25, -0.2) is 4.98 Å². The fraction of sp³-hybridized carbons (Fsp3) is 0.0714. The Bertz CT molecular complexity index is 871. The average Bonchev–Trinajstić information content (AvgIpc) is 2.52. The van der Waals surface area contributed by atoms with Crippen LogP contribution in [-0.4, -0.2) is 27.0 Å². The lowest BCUT2D eigenvalue weighted by atomic mass is 10.1. The van der Waals surface area contributed by atoms with Gasteiger partial charge in [0.15, 0.2) is 11.5 Å². The molecule has 1 aromatic carbocycles. The minimum Gasteiger partial charge on any atom is -0.467 e. The fourth-order valence-electron chi connectivity index (χ4n) is 1.96. The Labute approximate surface area is 120 Å². The molecular weight excluding hydrogens is 268 g/mol. The van der Waals surface area contributed by atoms with Crippen LogP contribution in [0.5, 0.6) is 6.01 Å². The maximum Gasteiger partial charge on any atom is 0.321 e. The van der Waals surface area contributed by atoms with Crippen LogP contribution in [0.15, 0.2) is 30.3 Å². The molecule has 7 nitrogen and oxygen atoms in total. The van der Waals surface area contributed by atoms with E-state index in [-0.39, 0.29) is 23.5 Å². The summed E-state index contributed by atoms with van der Waals surface area (Å²) in [4.78, 5) is 16.3. The molecule has 0 aliphatic heterocycles. The minimum atomic E-state index is 0.0221.